The number of Topliss-reactive ketones (excluding diaryl/α,β-unsaturated/α-hetero) is 1. The minimum atomic E-state index is -0.477. The average Bonchev–Trinajstić information content (AvgIpc) is 2.72. The molecule has 0 N–H and O–H groups in total. The highest BCUT2D eigenvalue weighted by atomic mass is 16.6. The van der Waals surface area contributed by atoms with Crippen molar-refractivity contribution in [3.63, 3.8) is 0 Å². The van der Waals surface area contributed by atoms with Crippen LogP contribution < -0.4 is 0 Å². The Balaban J connectivity index is 1.94. The molecule has 0 atom stereocenters. The lowest BCUT2D eigenvalue weighted by Crippen LogP contribution is -2.15. The maximum Gasteiger partial charge on any atom is 0.270 e. The Hall–Kier alpha value is -3.93. The van der Waals surface area contributed by atoms with Crippen molar-refractivity contribution in [2.75, 3.05) is 0 Å². The first-order chi connectivity index (χ1) is 13.1. The van der Waals surface area contributed by atoms with Crippen LogP contribution in [0.25, 0.3) is 0 Å². The van der Waals surface area contributed by atoms with Gasteiger partial charge in [-0.3, -0.25) is 14.9 Å². The Labute approximate surface area is 155 Å². The molecule has 0 aromatic heterocycles. The van der Waals surface area contributed by atoms with E-state index in [0.717, 1.165) is 0 Å². The number of nitro benzene ring substituents is 1. The highest BCUT2D eigenvalue weighted by Crippen LogP contribution is 2.12. The van der Waals surface area contributed by atoms with Crippen LogP contribution in [0.3, 0.4) is 0 Å². The van der Waals surface area contributed by atoms with Gasteiger partial charge in [0.15, 0.2) is 0 Å². The van der Waals surface area contributed by atoms with Crippen molar-refractivity contribution in [3.8, 4) is 0 Å². The molecular formula is C21H15N3O3. The number of ketones is 1. The second-order valence-corrected chi connectivity index (χ2v) is 5.61. The second kappa shape index (κ2) is 8.44. The summed E-state index contributed by atoms with van der Waals surface area (Å²) in [6.45, 7) is 0. The molecule has 6 nitrogen and oxygen atoms in total. The van der Waals surface area contributed by atoms with Crippen LogP contribution >= 0.6 is 0 Å². The van der Waals surface area contributed by atoms with Gasteiger partial charge in [0.25, 0.3) is 5.69 Å². The smallest absolute Gasteiger partial charge is 0.270 e. The number of nitro groups is 1. The van der Waals surface area contributed by atoms with E-state index in [2.05, 4.69) is 10.2 Å². The predicted molar refractivity (Wildman–Crippen MR) is 104 cm³/mol. The minimum absolute atomic E-state index is 0.0356. The molecular weight excluding hydrogens is 342 g/mol. The van der Waals surface area contributed by atoms with Gasteiger partial charge in [-0.2, -0.15) is 5.10 Å². The number of carbonyl (C=O) groups is 1. The van der Waals surface area contributed by atoms with Crippen molar-refractivity contribution < 1.29 is 9.72 Å². The Morgan fingerprint density at radius 1 is 0.852 bits per heavy atom. The fraction of sp³-hybridized carbons (Fsp3) is 0. The average molecular weight is 357 g/mol. The lowest BCUT2D eigenvalue weighted by Gasteiger charge is -2.04. The van der Waals surface area contributed by atoms with Gasteiger partial charge < -0.3 is 0 Å². The molecule has 6 heteroatoms. The molecule has 0 aliphatic carbocycles. The zero-order valence-electron chi connectivity index (χ0n) is 14.2. The molecule has 0 radical (unpaired) electrons. The van der Waals surface area contributed by atoms with E-state index in [0.29, 0.717) is 16.7 Å². The predicted octanol–water partition coefficient (Wildman–Crippen LogP) is 4.30. The normalized spacial score (nSPS) is 11.5. The number of non-ortho nitro benzene ring substituents is 1. The Morgan fingerprint density at radius 2 is 1.48 bits per heavy atom. The number of hydrogen-bond donors (Lipinski definition) is 0. The molecule has 0 amide bonds. The lowest BCUT2D eigenvalue weighted by molar-refractivity contribution is -0.384. The van der Waals surface area contributed by atoms with Crippen LogP contribution in [0.1, 0.15) is 21.5 Å². The number of carbonyl (C=O) groups excluding carboxylic acids is 1. The number of hydrogen-bond acceptors (Lipinski definition) is 5. The van der Waals surface area contributed by atoms with Crippen LogP contribution in [-0.2, 0) is 0 Å². The van der Waals surface area contributed by atoms with Gasteiger partial charge in [0, 0.05) is 28.8 Å². The Morgan fingerprint density at radius 3 is 2.11 bits per heavy atom. The summed E-state index contributed by atoms with van der Waals surface area (Å²) in [6.07, 6.45) is 1.38. The molecule has 3 aromatic rings. The van der Waals surface area contributed by atoms with Crippen molar-refractivity contribution >= 4 is 23.4 Å². The van der Waals surface area contributed by atoms with E-state index in [4.69, 9.17) is 0 Å². The molecule has 0 bridgehead atoms. The summed E-state index contributed by atoms with van der Waals surface area (Å²) >= 11 is 0. The van der Waals surface area contributed by atoms with E-state index in [1.54, 1.807) is 48.5 Å². The van der Waals surface area contributed by atoms with Crippen LogP contribution in [0.15, 0.2) is 95.1 Å². The van der Waals surface area contributed by atoms with E-state index in [9.17, 15) is 14.9 Å². The van der Waals surface area contributed by atoms with Gasteiger partial charge in [0.1, 0.15) is 5.71 Å². The highest BCUT2D eigenvalue weighted by Gasteiger charge is 2.16. The largest absolute Gasteiger partial charge is 0.287 e. The monoisotopic (exact) mass is 357 g/mol. The minimum Gasteiger partial charge on any atom is -0.287 e. The molecule has 0 heterocycles. The van der Waals surface area contributed by atoms with E-state index < -0.39 is 4.92 Å². The van der Waals surface area contributed by atoms with Gasteiger partial charge in [-0.1, -0.05) is 72.8 Å². The first kappa shape index (κ1) is 17.9. The summed E-state index contributed by atoms with van der Waals surface area (Å²) in [5, 5.41) is 18.9. The summed E-state index contributed by atoms with van der Waals surface area (Å²) < 4.78 is 0. The van der Waals surface area contributed by atoms with Gasteiger partial charge in [-0.05, 0) is 0 Å². The zero-order chi connectivity index (χ0) is 19.1. The first-order valence-electron chi connectivity index (χ1n) is 8.16. The van der Waals surface area contributed by atoms with Crippen LogP contribution in [0.2, 0.25) is 0 Å². The van der Waals surface area contributed by atoms with Crippen molar-refractivity contribution in [3.05, 3.63) is 112 Å². The van der Waals surface area contributed by atoms with Crippen molar-refractivity contribution in [1.29, 1.82) is 0 Å². The third kappa shape index (κ3) is 4.58. The fourth-order valence-electron chi connectivity index (χ4n) is 2.43. The molecule has 0 spiro atoms. The molecule has 0 fully saturated rings. The molecule has 3 rings (SSSR count). The maximum atomic E-state index is 12.8. The molecule has 0 saturated carbocycles. The Bertz CT molecular complexity index is 1010. The molecule has 0 unspecified atom stereocenters. The van der Waals surface area contributed by atoms with Crippen LogP contribution in [0.5, 0.6) is 0 Å². The first-order valence-corrected chi connectivity index (χ1v) is 8.16. The third-order valence-corrected chi connectivity index (χ3v) is 3.74. The molecule has 3 aromatic carbocycles. The van der Waals surface area contributed by atoms with Crippen molar-refractivity contribution in [2.24, 2.45) is 10.2 Å². The SMILES string of the molecule is O=C(/C(=N/N=C/c1cccc([N+](=O)[O-])c1)c1ccccc1)c1ccccc1. The van der Waals surface area contributed by atoms with E-state index >= 15 is 0 Å². The third-order valence-electron chi connectivity index (χ3n) is 3.74. The maximum absolute atomic E-state index is 12.8. The van der Waals surface area contributed by atoms with Gasteiger partial charge in [-0.25, -0.2) is 0 Å². The van der Waals surface area contributed by atoms with Gasteiger partial charge >= 0.3 is 0 Å². The van der Waals surface area contributed by atoms with Crippen LogP contribution in [0, 0.1) is 10.1 Å². The van der Waals surface area contributed by atoms with Gasteiger partial charge in [-0.15, -0.1) is 5.10 Å². The summed E-state index contributed by atoms with van der Waals surface area (Å²) in [7, 11) is 0. The summed E-state index contributed by atoms with van der Waals surface area (Å²) in [6, 6.07) is 23.9. The lowest BCUT2D eigenvalue weighted by atomic mass is 10.0. The quantitative estimate of drug-likeness (QED) is 0.285. The number of benzene rings is 3. The van der Waals surface area contributed by atoms with Crippen LogP contribution in [0.4, 0.5) is 5.69 Å². The van der Waals surface area contributed by atoms with Crippen molar-refractivity contribution in [1.82, 2.24) is 0 Å². The van der Waals surface area contributed by atoms with Gasteiger partial charge in [0.2, 0.25) is 5.78 Å². The fourth-order valence-corrected chi connectivity index (χ4v) is 2.43. The summed E-state index contributed by atoms with van der Waals surface area (Å²) in [5.74, 6) is -0.252. The number of nitrogens with zero attached hydrogens (tertiary/aromatic N) is 3. The summed E-state index contributed by atoms with van der Waals surface area (Å²) in [5.41, 5.74) is 1.83. The topological polar surface area (TPSA) is 84.9 Å². The van der Waals surface area contributed by atoms with E-state index in [1.165, 1.54) is 18.3 Å². The molecule has 0 aliphatic heterocycles. The van der Waals surface area contributed by atoms with Crippen molar-refractivity contribution in [2.45, 2.75) is 0 Å². The molecule has 0 aliphatic rings. The molecule has 132 valence electrons. The zero-order valence-corrected chi connectivity index (χ0v) is 14.2. The standard InChI is InChI=1S/C21H15N3O3/c25-21(18-11-5-2-6-12-18)20(17-9-3-1-4-10-17)23-22-15-16-8-7-13-19(14-16)24(26)27/h1-15H/b22-15+,23-20+. The molecule has 27 heavy (non-hydrogen) atoms. The second-order valence-electron chi connectivity index (χ2n) is 5.61. The Kier molecular flexibility index (Phi) is 5.59. The van der Waals surface area contributed by atoms with Gasteiger partial charge in [0.05, 0.1) is 11.1 Å². The van der Waals surface area contributed by atoms with E-state index in [1.807, 2.05) is 24.3 Å². The van der Waals surface area contributed by atoms with E-state index in [-0.39, 0.29) is 17.2 Å². The highest BCUT2D eigenvalue weighted by molar-refractivity contribution is 6.51. The number of rotatable bonds is 6. The summed E-state index contributed by atoms with van der Waals surface area (Å²) in [4.78, 5) is 23.2. The van der Waals surface area contributed by atoms with Crippen LogP contribution in [-0.4, -0.2) is 22.6 Å². The molecule has 0 saturated heterocycles.